The van der Waals surface area contributed by atoms with E-state index < -0.39 is 17.4 Å². The second kappa shape index (κ2) is 5.58. The van der Waals surface area contributed by atoms with Crippen LogP contribution in [-0.4, -0.2) is 36.4 Å². The second-order valence-corrected chi connectivity index (χ2v) is 5.73. The summed E-state index contributed by atoms with van der Waals surface area (Å²) < 4.78 is 5.16. The van der Waals surface area contributed by atoms with E-state index in [1.54, 1.807) is 18.3 Å². The fourth-order valence-corrected chi connectivity index (χ4v) is 2.52. The first-order valence-corrected chi connectivity index (χ1v) is 6.78. The number of rotatable bonds is 4. The molecule has 0 aromatic carbocycles. The number of carboxylic acids is 1. The fourth-order valence-electron chi connectivity index (χ4n) is 1.87. The molecule has 2 rings (SSSR count). The summed E-state index contributed by atoms with van der Waals surface area (Å²) in [6, 6.07) is 2.93. The molecule has 104 valence electrons. The fraction of sp³-hybridized carbons (Fsp3) is 0.500. The van der Waals surface area contributed by atoms with Gasteiger partial charge in [0, 0.05) is 4.88 Å². The van der Waals surface area contributed by atoms with Crippen LogP contribution in [0.1, 0.15) is 11.8 Å². The van der Waals surface area contributed by atoms with Crippen LogP contribution in [0, 0.1) is 5.41 Å². The van der Waals surface area contributed by atoms with Crippen LogP contribution in [-0.2, 0) is 16.1 Å². The summed E-state index contributed by atoms with van der Waals surface area (Å²) in [6.07, 6.45) is 0. The lowest BCUT2D eigenvalue weighted by Crippen LogP contribution is -2.52. The van der Waals surface area contributed by atoms with Crippen molar-refractivity contribution in [2.75, 3.05) is 13.2 Å². The van der Waals surface area contributed by atoms with Gasteiger partial charge in [0.15, 0.2) is 0 Å². The Hall–Kier alpha value is -1.60. The van der Waals surface area contributed by atoms with E-state index in [1.165, 1.54) is 0 Å². The highest BCUT2D eigenvalue weighted by Crippen LogP contribution is 2.28. The van der Waals surface area contributed by atoms with Crippen molar-refractivity contribution in [3.8, 4) is 0 Å². The maximum atomic E-state index is 11.7. The highest BCUT2D eigenvalue weighted by molar-refractivity contribution is 7.09. The Labute approximate surface area is 114 Å². The molecule has 0 spiro atoms. The molecular formula is C12H16N2O4S. The Kier molecular flexibility index (Phi) is 4.06. The van der Waals surface area contributed by atoms with Crippen LogP contribution in [0.4, 0.5) is 4.79 Å². The van der Waals surface area contributed by atoms with Crippen LogP contribution < -0.4 is 10.6 Å². The second-order valence-electron chi connectivity index (χ2n) is 4.70. The summed E-state index contributed by atoms with van der Waals surface area (Å²) in [5.41, 5.74) is -1.07. The molecule has 0 bridgehead atoms. The van der Waals surface area contributed by atoms with Gasteiger partial charge in [-0.3, -0.25) is 4.79 Å². The molecule has 3 N–H and O–H groups in total. The first kappa shape index (κ1) is 13.8. The third-order valence-corrected chi connectivity index (χ3v) is 4.13. The van der Waals surface area contributed by atoms with Crippen molar-refractivity contribution in [3.05, 3.63) is 22.4 Å². The molecule has 0 saturated carbocycles. The molecule has 1 aliphatic heterocycles. The van der Waals surface area contributed by atoms with Crippen LogP contribution in [0.2, 0.25) is 0 Å². The molecule has 2 atom stereocenters. The molecule has 2 amide bonds. The van der Waals surface area contributed by atoms with E-state index >= 15 is 0 Å². The number of hydrogen-bond acceptors (Lipinski definition) is 4. The topological polar surface area (TPSA) is 87.7 Å². The largest absolute Gasteiger partial charge is 0.481 e. The number of urea groups is 1. The van der Waals surface area contributed by atoms with Gasteiger partial charge in [0.05, 0.1) is 25.8 Å². The molecule has 7 heteroatoms. The van der Waals surface area contributed by atoms with Gasteiger partial charge in [0.1, 0.15) is 5.41 Å². The molecular weight excluding hydrogens is 268 g/mol. The summed E-state index contributed by atoms with van der Waals surface area (Å²) in [4.78, 5) is 24.0. The van der Waals surface area contributed by atoms with Gasteiger partial charge in [-0.1, -0.05) is 6.07 Å². The monoisotopic (exact) mass is 284 g/mol. The molecule has 19 heavy (non-hydrogen) atoms. The number of carbonyl (C=O) groups excluding carboxylic acids is 1. The quantitative estimate of drug-likeness (QED) is 0.771. The first-order valence-electron chi connectivity index (χ1n) is 5.90. The van der Waals surface area contributed by atoms with Crippen LogP contribution in [0.15, 0.2) is 17.5 Å². The molecule has 1 aliphatic rings. The minimum Gasteiger partial charge on any atom is -0.481 e. The zero-order valence-corrected chi connectivity index (χ0v) is 11.3. The maximum absolute atomic E-state index is 11.7. The third-order valence-electron chi connectivity index (χ3n) is 3.25. The minimum atomic E-state index is -1.07. The highest BCUT2D eigenvalue weighted by Gasteiger charge is 2.47. The molecule has 0 aliphatic carbocycles. The summed E-state index contributed by atoms with van der Waals surface area (Å²) in [5, 5.41) is 16.5. The van der Waals surface area contributed by atoms with Crippen LogP contribution in [0.5, 0.6) is 0 Å². The van der Waals surface area contributed by atoms with E-state index in [0.717, 1.165) is 4.88 Å². The molecule has 1 fully saturated rings. The van der Waals surface area contributed by atoms with Gasteiger partial charge in [-0.2, -0.15) is 0 Å². The van der Waals surface area contributed by atoms with E-state index in [-0.39, 0.29) is 19.2 Å². The van der Waals surface area contributed by atoms with E-state index in [1.807, 2.05) is 17.5 Å². The number of carboxylic acid groups (broad SMARTS) is 1. The van der Waals surface area contributed by atoms with Crippen LogP contribution in [0.3, 0.4) is 0 Å². The average Bonchev–Trinajstić information content (AvgIpc) is 2.98. The Morgan fingerprint density at radius 1 is 1.63 bits per heavy atom. The predicted octanol–water partition coefficient (Wildman–Crippen LogP) is 1.04. The van der Waals surface area contributed by atoms with Crippen LogP contribution >= 0.6 is 11.3 Å². The number of aliphatic carboxylic acids is 1. The van der Waals surface area contributed by atoms with Crippen LogP contribution in [0.25, 0.3) is 0 Å². The number of ether oxygens (including phenoxy) is 1. The lowest BCUT2D eigenvalue weighted by Gasteiger charge is -2.25. The van der Waals surface area contributed by atoms with Gasteiger partial charge in [-0.15, -0.1) is 11.3 Å². The number of thiophene rings is 1. The molecule has 1 saturated heterocycles. The van der Waals surface area contributed by atoms with Gasteiger partial charge in [-0.05, 0) is 18.4 Å². The Bertz CT molecular complexity index is 462. The molecule has 1 aromatic heterocycles. The molecule has 6 nitrogen and oxygen atoms in total. The van der Waals surface area contributed by atoms with Gasteiger partial charge in [0.2, 0.25) is 0 Å². The molecule has 2 unspecified atom stereocenters. The first-order chi connectivity index (χ1) is 9.02. The normalized spacial score (nSPS) is 26.1. The van der Waals surface area contributed by atoms with Gasteiger partial charge < -0.3 is 20.5 Å². The van der Waals surface area contributed by atoms with Gasteiger partial charge in [-0.25, -0.2) is 4.79 Å². The smallest absolute Gasteiger partial charge is 0.315 e. The third kappa shape index (κ3) is 3.05. The van der Waals surface area contributed by atoms with Crippen molar-refractivity contribution in [1.82, 2.24) is 10.6 Å². The lowest BCUT2D eigenvalue weighted by atomic mass is 9.85. The zero-order chi connectivity index (χ0) is 13.9. The Morgan fingerprint density at radius 3 is 3.05 bits per heavy atom. The van der Waals surface area contributed by atoms with Crippen molar-refractivity contribution in [2.24, 2.45) is 5.41 Å². The zero-order valence-electron chi connectivity index (χ0n) is 10.5. The summed E-state index contributed by atoms with van der Waals surface area (Å²) in [5.74, 6) is -0.964. The van der Waals surface area contributed by atoms with Gasteiger partial charge in [0.25, 0.3) is 0 Å². The predicted molar refractivity (Wildman–Crippen MR) is 70.0 cm³/mol. The summed E-state index contributed by atoms with van der Waals surface area (Å²) in [6.45, 7) is 2.33. The highest BCUT2D eigenvalue weighted by atomic mass is 32.1. The van der Waals surface area contributed by atoms with Crippen molar-refractivity contribution >= 4 is 23.3 Å². The lowest BCUT2D eigenvalue weighted by molar-refractivity contribution is -0.148. The number of amides is 2. The standard InChI is InChI=1S/C12H16N2O4S/c1-12(10(15)16)7-18-6-9(12)14-11(17)13-5-8-3-2-4-19-8/h2-4,9H,5-7H2,1H3,(H,15,16)(H2,13,14,17). The number of hydrogen-bond donors (Lipinski definition) is 3. The van der Waals surface area contributed by atoms with Crippen molar-refractivity contribution in [1.29, 1.82) is 0 Å². The molecule has 1 aromatic rings. The molecule has 2 heterocycles. The van der Waals surface area contributed by atoms with Crippen molar-refractivity contribution < 1.29 is 19.4 Å². The average molecular weight is 284 g/mol. The summed E-state index contributed by atoms with van der Waals surface area (Å²) >= 11 is 1.55. The Morgan fingerprint density at radius 2 is 2.42 bits per heavy atom. The van der Waals surface area contributed by atoms with Crippen molar-refractivity contribution in [2.45, 2.75) is 19.5 Å². The van der Waals surface area contributed by atoms with E-state index in [4.69, 9.17) is 4.74 Å². The molecule has 0 radical (unpaired) electrons. The summed E-state index contributed by atoms with van der Waals surface area (Å²) in [7, 11) is 0. The number of carbonyl (C=O) groups is 2. The van der Waals surface area contributed by atoms with E-state index in [2.05, 4.69) is 10.6 Å². The Balaban J connectivity index is 1.86. The van der Waals surface area contributed by atoms with E-state index in [0.29, 0.717) is 6.54 Å². The van der Waals surface area contributed by atoms with Crippen molar-refractivity contribution in [3.63, 3.8) is 0 Å². The maximum Gasteiger partial charge on any atom is 0.315 e. The van der Waals surface area contributed by atoms with E-state index in [9.17, 15) is 14.7 Å². The SMILES string of the molecule is CC1(C(=O)O)COCC1NC(=O)NCc1cccs1. The number of nitrogens with one attached hydrogen (secondary N) is 2. The van der Waals surface area contributed by atoms with Gasteiger partial charge >= 0.3 is 12.0 Å². The minimum absolute atomic E-state index is 0.109.